The van der Waals surface area contributed by atoms with Crippen LogP contribution in [0.4, 0.5) is 9.93 Å². The molecule has 15 heavy (non-hydrogen) atoms. The number of amides is 2. The first-order valence-electron chi connectivity index (χ1n) is 4.14. The Kier molecular flexibility index (Phi) is 3.98. The molecule has 0 saturated heterocycles. The van der Waals surface area contributed by atoms with Crippen LogP contribution in [0.3, 0.4) is 0 Å². The first-order chi connectivity index (χ1) is 7.08. The molecule has 0 spiro atoms. The smallest absolute Gasteiger partial charge is 0.321 e. The molecule has 0 fully saturated rings. The van der Waals surface area contributed by atoms with Crippen LogP contribution in [0.15, 0.2) is 0 Å². The van der Waals surface area contributed by atoms with Gasteiger partial charge in [-0.15, -0.1) is 10.2 Å². The van der Waals surface area contributed by atoms with Crippen molar-refractivity contribution in [2.45, 2.75) is 13.3 Å². The zero-order valence-corrected chi connectivity index (χ0v) is 8.80. The highest BCUT2D eigenvalue weighted by atomic mass is 32.1. The average Bonchev–Trinajstić information content (AvgIpc) is 2.50. The zero-order chi connectivity index (χ0) is 11.3. The van der Waals surface area contributed by atoms with E-state index in [9.17, 15) is 9.59 Å². The maximum atomic E-state index is 11.1. The molecule has 0 aromatic carbocycles. The Labute approximate surface area is 89.5 Å². The fraction of sp³-hybridized carbons (Fsp3) is 0.429. The highest BCUT2D eigenvalue weighted by Gasteiger charge is 2.05. The molecule has 0 aliphatic rings. The molecule has 0 aliphatic heterocycles. The number of carboxylic acid groups (broad SMARTS) is 1. The van der Waals surface area contributed by atoms with Crippen LogP contribution in [-0.4, -0.2) is 33.8 Å². The Bertz CT molecular complexity index is 365. The van der Waals surface area contributed by atoms with Gasteiger partial charge in [0.05, 0.1) is 6.42 Å². The second kappa shape index (κ2) is 5.25. The number of nitrogens with zero attached hydrogens (tertiary/aromatic N) is 2. The van der Waals surface area contributed by atoms with Gasteiger partial charge < -0.3 is 10.4 Å². The van der Waals surface area contributed by atoms with E-state index in [0.717, 1.165) is 5.01 Å². The van der Waals surface area contributed by atoms with Crippen LogP contribution < -0.4 is 10.6 Å². The maximum Gasteiger partial charge on any atom is 0.321 e. The third kappa shape index (κ3) is 4.36. The van der Waals surface area contributed by atoms with E-state index in [1.807, 2.05) is 0 Å². The lowest BCUT2D eigenvalue weighted by molar-refractivity contribution is -0.136. The normalized spacial score (nSPS) is 9.67. The number of aliphatic carboxylic acids is 1. The molecule has 7 nitrogen and oxygen atoms in total. The molecule has 1 aromatic rings. The molecule has 0 atom stereocenters. The van der Waals surface area contributed by atoms with E-state index in [1.165, 1.54) is 11.3 Å². The van der Waals surface area contributed by atoms with E-state index in [4.69, 9.17) is 5.11 Å². The summed E-state index contributed by atoms with van der Waals surface area (Å²) in [7, 11) is 0. The summed E-state index contributed by atoms with van der Waals surface area (Å²) in [6, 6.07) is -0.479. The number of carbonyl (C=O) groups excluding carboxylic acids is 1. The fourth-order valence-corrected chi connectivity index (χ4v) is 1.36. The Morgan fingerprint density at radius 3 is 2.73 bits per heavy atom. The Morgan fingerprint density at radius 1 is 1.47 bits per heavy atom. The van der Waals surface area contributed by atoms with Gasteiger partial charge in [-0.05, 0) is 6.92 Å². The molecule has 2 amide bonds. The Balaban J connectivity index is 2.27. The van der Waals surface area contributed by atoms with Crippen molar-refractivity contribution in [2.75, 3.05) is 11.9 Å². The van der Waals surface area contributed by atoms with Crippen molar-refractivity contribution in [3.63, 3.8) is 0 Å². The predicted octanol–water partition coefficient (Wildman–Crippen LogP) is 0.443. The van der Waals surface area contributed by atoms with Gasteiger partial charge in [-0.3, -0.25) is 10.1 Å². The molecule has 0 radical (unpaired) electrons. The first kappa shape index (κ1) is 11.4. The number of rotatable bonds is 4. The largest absolute Gasteiger partial charge is 0.481 e. The number of hydrogen-bond donors (Lipinski definition) is 3. The van der Waals surface area contributed by atoms with Gasteiger partial charge in [-0.25, -0.2) is 4.79 Å². The van der Waals surface area contributed by atoms with Crippen LogP contribution in [0.2, 0.25) is 0 Å². The lowest BCUT2D eigenvalue weighted by Crippen LogP contribution is -2.30. The molecule has 0 saturated carbocycles. The molecule has 0 bridgehead atoms. The lowest BCUT2D eigenvalue weighted by atomic mass is 10.4. The van der Waals surface area contributed by atoms with Crippen LogP contribution in [0.25, 0.3) is 0 Å². The second-order valence-corrected chi connectivity index (χ2v) is 3.83. The van der Waals surface area contributed by atoms with Crippen LogP contribution in [0, 0.1) is 6.92 Å². The molecule has 1 rings (SSSR count). The summed E-state index contributed by atoms with van der Waals surface area (Å²) in [5, 5.41) is 21.7. The third-order valence-electron chi connectivity index (χ3n) is 1.37. The molecule has 82 valence electrons. The molecule has 8 heteroatoms. The molecule has 1 heterocycles. The van der Waals surface area contributed by atoms with Crippen molar-refractivity contribution in [1.82, 2.24) is 15.5 Å². The number of aromatic nitrogens is 2. The number of aryl methyl sites for hydroxylation is 1. The molecular weight excluding hydrogens is 220 g/mol. The summed E-state index contributed by atoms with van der Waals surface area (Å²) in [5.41, 5.74) is 0. The molecule has 0 aliphatic carbocycles. The number of hydrogen-bond acceptors (Lipinski definition) is 5. The topological polar surface area (TPSA) is 104 Å². The van der Waals surface area contributed by atoms with E-state index in [0.29, 0.717) is 5.13 Å². The van der Waals surface area contributed by atoms with Gasteiger partial charge in [-0.1, -0.05) is 11.3 Å². The summed E-state index contributed by atoms with van der Waals surface area (Å²) >= 11 is 1.25. The standard InChI is InChI=1S/C7H10N4O3S/c1-4-10-11-7(15-4)9-6(14)8-3-2-5(12)13/h2-3H2,1H3,(H,12,13)(H2,8,9,11,14). The summed E-state index contributed by atoms with van der Waals surface area (Å²) in [4.78, 5) is 21.3. The minimum absolute atomic E-state index is 0.0823. The van der Waals surface area contributed by atoms with Crippen LogP contribution >= 0.6 is 11.3 Å². The molecule has 0 unspecified atom stereocenters. The number of carboxylic acids is 1. The van der Waals surface area contributed by atoms with Crippen molar-refractivity contribution in [1.29, 1.82) is 0 Å². The van der Waals surface area contributed by atoms with E-state index < -0.39 is 12.0 Å². The first-order valence-corrected chi connectivity index (χ1v) is 4.96. The Hall–Kier alpha value is -1.70. The van der Waals surface area contributed by atoms with Gasteiger partial charge in [0.15, 0.2) is 0 Å². The molecular formula is C7H10N4O3S. The van der Waals surface area contributed by atoms with Gasteiger partial charge in [0.1, 0.15) is 5.01 Å². The monoisotopic (exact) mass is 230 g/mol. The minimum atomic E-state index is -0.956. The van der Waals surface area contributed by atoms with Gasteiger partial charge in [0, 0.05) is 6.54 Å². The number of nitrogens with one attached hydrogen (secondary N) is 2. The maximum absolute atomic E-state index is 11.1. The highest BCUT2D eigenvalue weighted by molar-refractivity contribution is 7.15. The molecule has 3 N–H and O–H groups in total. The van der Waals surface area contributed by atoms with Crippen LogP contribution in [0.1, 0.15) is 11.4 Å². The summed E-state index contributed by atoms with van der Waals surface area (Å²) in [6.45, 7) is 1.85. The minimum Gasteiger partial charge on any atom is -0.481 e. The van der Waals surface area contributed by atoms with E-state index in [2.05, 4.69) is 20.8 Å². The van der Waals surface area contributed by atoms with E-state index in [-0.39, 0.29) is 13.0 Å². The highest BCUT2D eigenvalue weighted by Crippen LogP contribution is 2.12. The Morgan fingerprint density at radius 2 is 2.20 bits per heavy atom. The fourth-order valence-electron chi connectivity index (χ4n) is 0.771. The summed E-state index contributed by atoms with van der Waals surface area (Å²) in [6.07, 6.45) is -0.109. The lowest BCUT2D eigenvalue weighted by Gasteiger charge is -2.02. The van der Waals surface area contributed by atoms with Crippen LogP contribution in [0.5, 0.6) is 0 Å². The quantitative estimate of drug-likeness (QED) is 0.696. The summed E-state index contributed by atoms with van der Waals surface area (Å²) < 4.78 is 0. The summed E-state index contributed by atoms with van der Waals surface area (Å²) in [5.74, 6) is -0.956. The zero-order valence-electron chi connectivity index (χ0n) is 7.98. The number of carbonyl (C=O) groups is 2. The van der Waals surface area contributed by atoms with Crippen molar-refractivity contribution >= 4 is 28.5 Å². The van der Waals surface area contributed by atoms with Crippen molar-refractivity contribution in [2.24, 2.45) is 0 Å². The van der Waals surface area contributed by atoms with Gasteiger partial charge in [0.25, 0.3) is 0 Å². The van der Waals surface area contributed by atoms with Crippen LogP contribution in [-0.2, 0) is 4.79 Å². The second-order valence-electron chi connectivity index (χ2n) is 2.65. The van der Waals surface area contributed by atoms with Crippen molar-refractivity contribution in [3.8, 4) is 0 Å². The number of urea groups is 1. The average molecular weight is 230 g/mol. The van der Waals surface area contributed by atoms with Crippen molar-refractivity contribution in [3.05, 3.63) is 5.01 Å². The van der Waals surface area contributed by atoms with Gasteiger partial charge in [0.2, 0.25) is 5.13 Å². The van der Waals surface area contributed by atoms with Gasteiger partial charge >= 0.3 is 12.0 Å². The van der Waals surface area contributed by atoms with E-state index in [1.54, 1.807) is 6.92 Å². The van der Waals surface area contributed by atoms with Crippen molar-refractivity contribution < 1.29 is 14.7 Å². The van der Waals surface area contributed by atoms with E-state index >= 15 is 0 Å². The molecule has 1 aromatic heterocycles. The third-order valence-corrected chi connectivity index (χ3v) is 2.13. The van der Waals surface area contributed by atoms with Gasteiger partial charge in [-0.2, -0.15) is 0 Å². The number of anilines is 1. The predicted molar refractivity (Wildman–Crippen MR) is 53.9 cm³/mol. The SMILES string of the molecule is Cc1nnc(NC(=O)NCCC(=O)O)s1.